The Bertz CT molecular complexity index is 1580. The molecule has 0 aromatic heterocycles. The maximum Gasteiger partial charge on any atom is 0.226 e. The number of rotatable bonds is 22. The quantitative estimate of drug-likeness (QED) is 0.106. The number of carbonyl (C=O) groups is 2. The Hall–Kier alpha value is -3.96. The van der Waals surface area contributed by atoms with Gasteiger partial charge >= 0.3 is 0 Å². The number of carbonyl (C=O) groups excluding carboxylic acids is 2. The summed E-state index contributed by atoms with van der Waals surface area (Å²) in [7, 11) is 1.67. The summed E-state index contributed by atoms with van der Waals surface area (Å²) in [6.07, 6.45) is 8.87. The highest BCUT2D eigenvalue weighted by Crippen LogP contribution is 2.34. The molecule has 2 atom stereocenters. The first-order chi connectivity index (χ1) is 26.5. The number of likely N-dealkylation sites (tertiary alicyclic amines) is 1. The van der Waals surface area contributed by atoms with Crippen LogP contribution in [0.15, 0.2) is 66.7 Å². The smallest absolute Gasteiger partial charge is 0.226 e. The van der Waals surface area contributed by atoms with Gasteiger partial charge < -0.3 is 39.0 Å². The largest absolute Gasteiger partial charge is 0.496 e. The summed E-state index contributed by atoms with van der Waals surface area (Å²) in [6.45, 7) is 4.21. The third-order valence-electron chi connectivity index (χ3n) is 10.5. The van der Waals surface area contributed by atoms with Crippen molar-refractivity contribution in [3.63, 3.8) is 0 Å². The van der Waals surface area contributed by atoms with Crippen LogP contribution in [0.5, 0.6) is 11.5 Å². The molecule has 10 nitrogen and oxygen atoms in total. The number of aliphatic hydroxyl groups is 2. The van der Waals surface area contributed by atoms with Crippen molar-refractivity contribution in [2.24, 2.45) is 0 Å². The Morgan fingerprint density at radius 2 is 1.56 bits per heavy atom. The third kappa shape index (κ3) is 12.3. The Morgan fingerprint density at radius 1 is 0.796 bits per heavy atom. The molecule has 0 saturated carbocycles. The molecule has 2 heterocycles. The van der Waals surface area contributed by atoms with Crippen molar-refractivity contribution in [1.29, 1.82) is 0 Å². The van der Waals surface area contributed by atoms with E-state index in [0.29, 0.717) is 65.3 Å². The zero-order valence-corrected chi connectivity index (χ0v) is 32.1. The summed E-state index contributed by atoms with van der Waals surface area (Å²) >= 11 is 0. The number of ether oxygens (including phenoxy) is 4. The second-order valence-electron chi connectivity index (χ2n) is 14.4. The number of unbranched alkanes of at least 4 members (excludes halogenated alkanes) is 4. The highest BCUT2D eigenvalue weighted by molar-refractivity contribution is 5.94. The van der Waals surface area contributed by atoms with Gasteiger partial charge in [0.2, 0.25) is 11.8 Å². The van der Waals surface area contributed by atoms with Gasteiger partial charge in [-0.05, 0) is 85.9 Å². The summed E-state index contributed by atoms with van der Waals surface area (Å²) in [5.74, 6) is 2.01. The standard InChI is InChI=1S/C44H60N2O8/c1-51-41-14-7-6-12-37(41)33-52-28-11-29-53-38-21-19-35(20-22-38)39-23-25-45(43(49)15-4-2-8-26-47)31-42(39)54-32-34-17-18-36-13-10-24-46(40(36)30-34)44(50)16-5-3-9-27-48/h6-7,12,14,17-22,30,39,42,47-48H,2-5,8-11,13,15-16,23-29,31-33H2,1H3. The van der Waals surface area contributed by atoms with Crippen molar-refractivity contribution in [3.05, 3.63) is 89.0 Å². The number of fused-ring (bicyclic) bond motifs is 1. The van der Waals surface area contributed by atoms with Gasteiger partial charge in [-0.15, -0.1) is 0 Å². The molecular formula is C44H60N2O8. The lowest BCUT2D eigenvalue weighted by Gasteiger charge is -2.39. The van der Waals surface area contributed by atoms with Crippen molar-refractivity contribution >= 4 is 17.5 Å². The lowest BCUT2D eigenvalue weighted by molar-refractivity contribution is -0.136. The highest BCUT2D eigenvalue weighted by Gasteiger charge is 2.33. The van der Waals surface area contributed by atoms with Crippen LogP contribution in [-0.4, -0.2) is 86.2 Å². The monoisotopic (exact) mass is 744 g/mol. The normalized spacial score (nSPS) is 16.9. The molecule has 54 heavy (non-hydrogen) atoms. The second-order valence-corrected chi connectivity index (χ2v) is 14.4. The average Bonchev–Trinajstić information content (AvgIpc) is 3.21. The van der Waals surface area contributed by atoms with Gasteiger partial charge in [0, 0.05) is 69.3 Å². The molecule has 2 aliphatic rings. The van der Waals surface area contributed by atoms with E-state index >= 15 is 0 Å². The zero-order chi connectivity index (χ0) is 38.0. The summed E-state index contributed by atoms with van der Waals surface area (Å²) in [4.78, 5) is 30.3. The molecule has 3 aromatic carbocycles. The van der Waals surface area contributed by atoms with Gasteiger partial charge in [0.25, 0.3) is 0 Å². The Balaban J connectivity index is 1.18. The Kier molecular flexibility index (Phi) is 17.1. The van der Waals surface area contributed by atoms with Crippen molar-refractivity contribution in [2.45, 2.75) is 102 Å². The number of benzene rings is 3. The third-order valence-corrected chi connectivity index (χ3v) is 10.5. The van der Waals surface area contributed by atoms with E-state index in [2.05, 4.69) is 30.3 Å². The molecule has 0 bridgehead atoms. The maximum absolute atomic E-state index is 13.2. The molecule has 0 aliphatic carbocycles. The first-order valence-electron chi connectivity index (χ1n) is 20.0. The molecule has 3 aromatic rings. The van der Waals surface area contributed by atoms with Gasteiger partial charge in [0.1, 0.15) is 11.5 Å². The molecule has 1 fully saturated rings. The summed E-state index contributed by atoms with van der Waals surface area (Å²) < 4.78 is 24.0. The molecule has 5 rings (SSSR count). The minimum absolute atomic E-state index is 0.107. The van der Waals surface area contributed by atoms with Gasteiger partial charge in [-0.3, -0.25) is 9.59 Å². The molecule has 294 valence electrons. The molecule has 2 unspecified atom stereocenters. The van der Waals surface area contributed by atoms with Crippen LogP contribution in [0.4, 0.5) is 5.69 Å². The molecule has 2 aliphatic heterocycles. The number of methoxy groups -OCH3 is 1. The minimum Gasteiger partial charge on any atom is -0.496 e. The van der Waals surface area contributed by atoms with Gasteiger partial charge in [-0.1, -0.05) is 55.3 Å². The molecule has 0 spiro atoms. The van der Waals surface area contributed by atoms with E-state index in [1.54, 1.807) is 7.11 Å². The summed E-state index contributed by atoms with van der Waals surface area (Å²) in [5.41, 5.74) is 5.36. The SMILES string of the molecule is COc1ccccc1COCCCOc1ccc(C2CCN(C(=O)CCCCCO)CC2OCc2ccc3c(c2)N(C(=O)CCCCCO)CCC3)cc1. The number of para-hydroxylation sites is 1. The van der Waals surface area contributed by atoms with Crippen LogP contribution in [0.3, 0.4) is 0 Å². The van der Waals surface area contributed by atoms with E-state index in [1.807, 2.05) is 46.2 Å². The van der Waals surface area contributed by atoms with Crippen molar-refractivity contribution < 1.29 is 38.7 Å². The topological polar surface area (TPSA) is 118 Å². The first-order valence-corrected chi connectivity index (χ1v) is 20.0. The fourth-order valence-electron chi connectivity index (χ4n) is 7.45. The average molecular weight is 745 g/mol. The minimum atomic E-state index is -0.201. The van der Waals surface area contributed by atoms with Crippen molar-refractivity contribution in [3.8, 4) is 11.5 Å². The lowest BCUT2D eigenvalue weighted by Crippen LogP contribution is -2.46. The predicted molar refractivity (Wildman–Crippen MR) is 210 cm³/mol. The van der Waals surface area contributed by atoms with E-state index in [9.17, 15) is 9.59 Å². The predicted octanol–water partition coefficient (Wildman–Crippen LogP) is 6.97. The number of anilines is 1. The number of piperidine rings is 1. The van der Waals surface area contributed by atoms with Crippen LogP contribution in [0.1, 0.15) is 98.8 Å². The van der Waals surface area contributed by atoms with Gasteiger partial charge in [-0.25, -0.2) is 0 Å². The van der Waals surface area contributed by atoms with Gasteiger partial charge in [-0.2, -0.15) is 0 Å². The molecule has 0 radical (unpaired) electrons. The van der Waals surface area contributed by atoms with Crippen LogP contribution >= 0.6 is 0 Å². The van der Waals surface area contributed by atoms with Crippen LogP contribution in [-0.2, 0) is 38.7 Å². The number of hydrogen-bond donors (Lipinski definition) is 2. The van der Waals surface area contributed by atoms with E-state index in [4.69, 9.17) is 29.2 Å². The molecule has 10 heteroatoms. The molecule has 2 amide bonds. The number of nitrogens with zero attached hydrogens (tertiary/aromatic N) is 2. The summed E-state index contributed by atoms with van der Waals surface area (Å²) in [5, 5.41) is 18.3. The molecule has 2 N–H and O–H groups in total. The zero-order valence-electron chi connectivity index (χ0n) is 32.1. The fraction of sp³-hybridized carbons (Fsp3) is 0.545. The second kappa shape index (κ2) is 22.4. The van der Waals surface area contributed by atoms with Crippen LogP contribution in [0.25, 0.3) is 0 Å². The van der Waals surface area contributed by atoms with Gasteiger partial charge in [0.15, 0.2) is 0 Å². The first kappa shape index (κ1) is 41.2. The van der Waals surface area contributed by atoms with Crippen LogP contribution in [0, 0.1) is 0 Å². The van der Waals surface area contributed by atoms with E-state index in [0.717, 1.165) is 91.7 Å². The van der Waals surface area contributed by atoms with E-state index in [-0.39, 0.29) is 37.0 Å². The Labute approximate surface area is 321 Å². The van der Waals surface area contributed by atoms with Crippen LogP contribution < -0.4 is 14.4 Å². The molecule has 1 saturated heterocycles. The number of aryl methyl sites for hydroxylation is 1. The van der Waals surface area contributed by atoms with Crippen molar-refractivity contribution in [1.82, 2.24) is 4.90 Å². The maximum atomic E-state index is 13.2. The Morgan fingerprint density at radius 3 is 2.31 bits per heavy atom. The van der Waals surface area contributed by atoms with Gasteiger partial charge in [0.05, 0.1) is 39.6 Å². The summed E-state index contributed by atoms with van der Waals surface area (Å²) in [6, 6.07) is 22.5. The number of amides is 2. The fourth-order valence-corrected chi connectivity index (χ4v) is 7.45. The molecular weight excluding hydrogens is 684 g/mol. The van der Waals surface area contributed by atoms with E-state index in [1.165, 1.54) is 5.56 Å². The highest BCUT2D eigenvalue weighted by atomic mass is 16.5. The van der Waals surface area contributed by atoms with Crippen LogP contribution in [0.2, 0.25) is 0 Å². The number of hydrogen-bond acceptors (Lipinski definition) is 8. The lowest BCUT2D eigenvalue weighted by atomic mass is 9.86. The van der Waals surface area contributed by atoms with E-state index < -0.39 is 0 Å². The van der Waals surface area contributed by atoms with Crippen molar-refractivity contribution in [2.75, 3.05) is 58.1 Å². The number of aliphatic hydroxyl groups excluding tert-OH is 2.